The van der Waals surface area contributed by atoms with Crippen molar-refractivity contribution in [3.8, 4) is 0 Å². The molecule has 7 heteroatoms. The van der Waals surface area contributed by atoms with Crippen LogP contribution in [0, 0.1) is 0 Å². The Bertz CT molecular complexity index is 430. The SMILES string of the molecule is CCOC(=O)c1c(N)nc(SC)[nH]c1=O. The third kappa shape index (κ3) is 2.50. The van der Waals surface area contributed by atoms with Gasteiger partial charge in [-0.05, 0) is 13.2 Å². The number of hydrogen-bond acceptors (Lipinski definition) is 6. The van der Waals surface area contributed by atoms with E-state index >= 15 is 0 Å². The quantitative estimate of drug-likeness (QED) is 0.438. The maximum atomic E-state index is 11.4. The second-order valence-electron chi connectivity index (χ2n) is 2.56. The lowest BCUT2D eigenvalue weighted by atomic mass is 10.3. The van der Waals surface area contributed by atoms with Crippen molar-refractivity contribution in [3.63, 3.8) is 0 Å². The summed E-state index contributed by atoms with van der Waals surface area (Å²) in [5.41, 5.74) is 4.66. The van der Waals surface area contributed by atoms with Crippen LogP contribution >= 0.6 is 11.8 Å². The molecule has 0 fully saturated rings. The number of thioether (sulfide) groups is 1. The molecule has 0 aromatic carbocycles. The van der Waals surface area contributed by atoms with E-state index in [0.717, 1.165) is 0 Å². The molecule has 0 atom stereocenters. The van der Waals surface area contributed by atoms with Crippen LogP contribution in [0.1, 0.15) is 17.3 Å². The zero-order chi connectivity index (χ0) is 11.4. The second kappa shape index (κ2) is 4.83. The molecule has 0 saturated carbocycles. The highest BCUT2D eigenvalue weighted by atomic mass is 32.2. The van der Waals surface area contributed by atoms with Crippen molar-refractivity contribution in [3.05, 3.63) is 15.9 Å². The maximum Gasteiger partial charge on any atom is 0.347 e. The molecule has 82 valence electrons. The van der Waals surface area contributed by atoms with Crippen LogP contribution in [-0.2, 0) is 4.74 Å². The van der Waals surface area contributed by atoms with Gasteiger partial charge in [-0.1, -0.05) is 11.8 Å². The number of aromatic amines is 1. The minimum atomic E-state index is -0.753. The fourth-order valence-electron chi connectivity index (χ4n) is 0.966. The summed E-state index contributed by atoms with van der Waals surface area (Å²) in [7, 11) is 0. The number of esters is 1. The van der Waals surface area contributed by atoms with Crippen LogP contribution in [0.15, 0.2) is 9.95 Å². The Labute approximate surface area is 90.2 Å². The number of anilines is 1. The first-order chi connectivity index (χ1) is 7.10. The van der Waals surface area contributed by atoms with Crippen LogP contribution in [-0.4, -0.2) is 28.8 Å². The summed E-state index contributed by atoms with van der Waals surface area (Å²) in [6.45, 7) is 1.83. The molecule has 0 amide bonds. The number of aromatic nitrogens is 2. The largest absolute Gasteiger partial charge is 0.462 e. The van der Waals surface area contributed by atoms with Gasteiger partial charge in [0.2, 0.25) is 0 Å². The van der Waals surface area contributed by atoms with E-state index in [1.54, 1.807) is 13.2 Å². The van der Waals surface area contributed by atoms with E-state index in [1.165, 1.54) is 11.8 Å². The average Bonchev–Trinajstić information content (AvgIpc) is 2.16. The molecular weight excluding hydrogens is 218 g/mol. The highest BCUT2D eigenvalue weighted by Gasteiger charge is 2.17. The van der Waals surface area contributed by atoms with Gasteiger partial charge in [0.1, 0.15) is 5.82 Å². The molecule has 15 heavy (non-hydrogen) atoms. The van der Waals surface area contributed by atoms with Gasteiger partial charge < -0.3 is 15.5 Å². The van der Waals surface area contributed by atoms with E-state index in [2.05, 4.69) is 14.7 Å². The zero-order valence-corrected chi connectivity index (χ0v) is 9.18. The molecule has 0 aliphatic heterocycles. The minimum Gasteiger partial charge on any atom is -0.462 e. The number of carbonyl (C=O) groups excluding carboxylic acids is 1. The fraction of sp³-hybridized carbons (Fsp3) is 0.375. The number of nitrogen functional groups attached to an aromatic ring is 1. The molecule has 0 aliphatic carbocycles. The van der Waals surface area contributed by atoms with Crippen molar-refractivity contribution in [2.75, 3.05) is 18.6 Å². The number of nitrogens with one attached hydrogen (secondary N) is 1. The summed E-state index contributed by atoms with van der Waals surface area (Å²) in [6, 6.07) is 0. The third-order valence-electron chi connectivity index (χ3n) is 1.60. The van der Waals surface area contributed by atoms with Gasteiger partial charge in [0.15, 0.2) is 10.7 Å². The van der Waals surface area contributed by atoms with E-state index in [0.29, 0.717) is 5.16 Å². The topological polar surface area (TPSA) is 98.1 Å². The Morgan fingerprint density at radius 2 is 2.33 bits per heavy atom. The lowest BCUT2D eigenvalue weighted by Crippen LogP contribution is -2.23. The van der Waals surface area contributed by atoms with Crippen molar-refractivity contribution >= 4 is 23.5 Å². The molecule has 0 radical (unpaired) electrons. The highest BCUT2D eigenvalue weighted by Crippen LogP contribution is 2.10. The number of nitrogens with two attached hydrogens (primary N) is 1. The minimum absolute atomic E-state index is 0.110. The Morgan fingerprint density at radius 3 is 2.80 bits per heavy atom. The summed E-state index contributed by atoms with van der Waals surface area (Å²) in [5, 5.41) is 0.366. The van der Waals surface area contributed by atoms with E-state index in [-0.39, 0.29) is 18.0 Å². The number of ether oxygens (including phenoxy) is 1. The number of nitrogens with zero attached hydrogens (tertiary/aromatic N) is 1. The number of hydrogen-bond donors (Lipinski definition) is 2. The Morgan fingerprint density at radius 1 is 1.67 bits per heavy atom. The zero-order valence-electron chi connectivity index (χ0n) is 8.36. The van der Waals surface area contributed by atoms with E-state index in [1.807, 2.05) is 0 Å². The number of H-pyrrole nitrogens is 1. The highest BCUT2D eigenvalue weighted by molar-refractivity contribution is 7.98. The summed E-state index contributed by atoms with van der Waals surface area (Å²) < 4.78 is 4.68. The van der Waals surface area contributed by atoms with Gasteiger partial charge in [-0.25, -0.2) is 9.78 Å². The Kier molecular flexibility index (Phi) is 3.73. The van der Waals surface area contributed by atoms with Gasteiger partial charge >= 0.3 is 5.97 Å². The maximum absolute atomic E-state index is 11.4. The van der Waals surface area contributed by atoms with Gasteiger partial charge in [-0.15, -0.1) is 0 Å². The third-order valence-corrected chi connectivity index (χ3v) is 2.18. The first-order valence-corrected chi connectivity index (χ1v) is 5.43. The lowest BCUT2D eigenvalue weighted by molar-refractivity contribution is 0.0525. The molecule has 6 nitrogen and oxygen atoms in total. The van der Waals surface area contributed by atoms with Gasteiger partial charge in [0, 0.05) is 0 Å². The fourth-order valence-corrected chi connectivity index (χ4v) is 1.35. The molecule has 3 N–H and O–H groups in total. The smallest absolute Gasteiger partial charge is 0.347 e. The average molecular weight is 229 g/mol. The normalized spacial score (nSPS) is 10.0. The van der Waals surface area contributed by atoms with Gasteiger partial charge in [-0.2, -0.15) is 0 Å². The molecular formula is C8H11N3O3S. The second-order valence-corrected chi connectivity index (χ2v) is 3.35. The van der Waals surface area contributed by atoms with Crippen LogP contribution in [0.5, 0.6) is 0 Å². The monoisotopic (exact) mass is 229 g/mol. The summed E-state index contributed by atoms with van der Waals surface area (Å²) in [5.74, 6) is -0.863. The predicted molar refractivity (Wildman–Crippen MR) is 57.0 cm³/mol. The van der Waals surface area contributed by atoms with Crippen LogP contribution in [0.4, 0.5) is 5.82 Å². The standard InChI is InChI=1S/C8H11N3O3S/c1-3-14-7(13)4-5(9)10-8(15-2)11-6(4)12/h3H2,1-2H3,(H3,9,10,11,12). The van der Waals surface area contributed by atoms with Crippen molar-refractivity contribution in [2.45, 2.75) is 12.1 Å². The molecule has 1 aromatic heterocycles. The van der Waals surface area contributed by atoms with Crippen molar-refractivity contribution in [1.29, 1.82) is 0 Å². The van der Waals surface area contributed by atoms with Crippen molar-refractivity contribution in [2.24, 2.45) is 0 Å². The van der Waals surface area contributed by atoms with Crippen LogP contribution in [0.2, 0.25) is 0 Å². The van der Waals surface area contributed by atoms with E-state index < -0.39 is 11.5 Å². The summed E-state index contributed by atoms with van der Waals surface area (Å²) in [4.78, 5) is 29.0. The Hall–Kier alpha value is -1.50. The van der Waals surface area contributed by atoms with Crippen molar-refractivity contribution in [1.82, 2.24) is 9.97 Å². The molecule has 0 unspecified atom stereocenters. The molecule has 0 aliphatic rings. The number of carbonyl (C=O) groups is 1. The predicted octanol–water partition coefficient (Wildman–Crippen LogP) is 0.251. The van der Waals surface area contributed by atoms with E-state index in [9.17, 15) is 9.59 Å². The number of rotatable bonds is 3. The molecule has 1 rings (SSSR count). The first-order valence-electron chi connectivity index (χ1n) is 4.21. The van der Waals surface area contributed by atoms with Crippen molar-refractivity contribution < 1.29 is 9.53 Å². The molecule has 0 spiro atoms. The molecule has 1 heterocycles. The van der Waals surface area contributed by atoms with Gasteiger partial charge in [-0.3, -0.25) is 4.79 Å². The van der Waals surface area contributed by atoms with Crippen LogP contribution in [0.3, 0.4) is 0 Å². The lowest BCUT2D eigenvalue weighted by Gasteiger charge is -2.04. The summed E-state index contributed by atoms with van der Waals surface area (Å²) in [6.07, 6.45) is 1.74. The summed E-state index contributed by atoms with van der Waals surface area (Å²) >= 11 is 1.23. The molecule has 0 saturated heterocycles. The molecule has 0 bridgehead atoms. The first kappa shape index (κ1) is 11.6. The van der Waals surface area contributed by atoms with Gasteiger partial charge in [0.05, 0.1) is 6.61 Å². The Balaban J connectivity index is 3.20. The molecule has 1 aromatic rings. The van der Waals surface area contributed by atoms with Crippen LogP contribution < -0.4 is 11.3 Å². The van der Waals surface area contributed by atoms with Crippen LogP contribution in [0.25, 0.3) is 0 Å². The van der Waals surface area contributed by atoms with E-state index in [4.69, 9.17) is 5.73 Å². The van der Waals surface area contributed by atoms with Gasteiger partial charge in [0.25, 0.3) is 5.56 Å².